The molecule has 0 aliphatic heterocycles. The zero-order valence-electron chi connectivity index (χ0n) is 13.6. The number of carbonyl (C=O) groups excluding carboxylic acids is 2. The number of nitrogens with two attached hydrogens (primary N) is 1. The Morgan fingerprint density at radius 1 is 1.43 bits per heavy atom. The quantitative estimate of drug-likeness (QED) is 0.692. The highest BCUT2D eigenvalue weighted by Gasteiger charge is 2.24. The number of nitrogen functional groups attached to an aromatic ring is 1. The fraction of sp³-hybridized carbons (Fsp3) is 0.533. The van der Waals surface area contributed by atoms with E-state index in [-0.39, 0.29) is 36.2 Å². The van der Waals surface area contributed by atoms with Crippen LogP contribution in [0.2, 0.25) is 0 Å². The van der Waals surface area contributed by atoms with Crippen molar-refractivity contribution in [2.24, 2.45) is 0 Å². The lowest BCUT2D eigenvalue weighted by Crippen LogP contribution is -2.35. The van der Waals surface area contributed by atoms with E-state index >= 15 is 0 Å². The lowest BCUT2D eigenvalue weighted by atomic mass is 10.1. The van der Waals surface area contributed by atoms with Gasteiger partial charge in [0.25, 0.3) is 0 Å². The van der Waals surface area contributed by atoms with Crippen molar-refractivity contribution in [1.82, 2.24) is 10.2 Å². The molecule has 8 heteroatoms. The van der Waals surface area contributed by atoms with E-state index in [0.29, 0.717) is 17.0 Å². The molecular formula is C15H22N4O3S. The third kappa shape index (κ3) is 5.23. The number of rotatable bonds is 8. The molecule has 1 aromatic heterocycles. The molecule has 7 nitrogen and oxygen atoms in total. The maximum atomic E-state index is 12.0. The van der Waals surface area contributed by atoms with Gasteiger partial charge in [0.05, 0.1) is 18.7 Å². The molecule has 0 atom stereocenters. The van der Waals surface area contributed by atoms with E-state index < -0.39 is 5.97 Å². The van der Waals surface area contributed by atoms with Crippen LogP contribution in [0.15, 0.2) is 0 Å². The predicted molar refractivity (Wildman–Crippen MR) is 89.0 cm³/mol. The second-order valence-corrected chi connectivity index (χ2v) is 6.06. The largest absolute Gasteiger partial charge is 0.462 e. The monoisotopic (exact) mass is 338 g/mol. The van der Waals surface area contributed by atoms with Gasteiger partial charge in [0.1, 0.15) is 15.9 Å². The van der Waals surface area contributed by atoms with Crippen molar-refractivity contribution < 1.29 is 14.3 Å². The Morgan fingerprint density at radius 2 is 2.13 bits per heavy atom. The Hall–Kier alpha value is -2.11. The molecule has 0 aliphatic carbocycles. The Kier molecular flexibility index (Phi) is 7.51. The molecule has 0 fully saturated rings. The van der Waals surface area contributed by atoms with Crippen molar-refractivity contribution in [1.29, 1.82) is 5.26 Å². The van der Waals surface area contributed by atoms with Crippen LogP contribution in [0.5, 0.6) is 0 Å². The van der Waals surface area contributed by atoms with Crippen LogP contribution < -0.4 is 11.1 Å². The van der Waals surface area contributed by atoms with Gasteiger partial charge in [0.2, 0.25) is 5.91 Å². The first-order valence-corrected chi connectivity index (χ1v) is 8.19. The van der Waals surface area contributed by atoms with Crippen LogP contribution in [-0.2, 0) is 16.1 Å². The number of nitriles is 1. The molecule has 0 saturated heterocycles. The van der Waals surface area contributed by atoms with Crippen LogP contribution in [0, 0.1) is 11.3 Å². The number of ether oxygens (including phenoxy) is 1. The van der Waals surface area contributed by atoms with E-state index in [1.807, 2.05) is 13.0 Å². The number of hydrogen-bond acceptors (Lipinski definition) is 7. The summed E-state index contributed by atoms with van der Waals surface area (Å²) in [5, 5.41) is 12.3. The second-order valence-electron chi connectivity index (χ2n) is 5.00. The average molecular weight is 338 g/mol. The Bertz CT molecular complexity index is 607. The summed E-state index contributed by atoms with van der Waals surface area (Å²) in [5.74, 6) is -0.599. The summed E-state index contributed by atoms with van der Waals surface area (Å²) in [6, 6.07) is 2.02. The van der Waals surface area contributed by atoms with Crippen LogP contribution in [-0.4, -0.2) is 43.5 Å². The van der Waals surface area contributed by atoms with Gasteiger partial charge in [0, 0.05) is 18.7 Å². The topological polar surface area (TPSA) is 108 Å². The fourth-order valence-electron chi connectivity index (χ4n) is 2.01. The van der Waals surface area contributed by atoms with Crippen molar-refractivity contribution >= 4 is 28.2 Å². The molecule has 0 radical (unpaired) electrons. The zero-order valence-corrected chi connectivity index (χ0v) is 14.5. The second kappa shape index (κ2) is 9.12. The van der Waals surface area contributed by atoms with Crippen LogP contribution in [0.25, 0.3) is 0 Å². The van der Waals surface area contributed by atoms with Gasteiger partial charge < -0.3 is 15.8 Å². The van der Waals surface area contributed by atoms with E-state index in [2.05, 4.69) is 5.32 Å². The highest BCUT2D eigenvalue weighted by Crippen LogP contribution is 2.32. The predicted octanol–water partition coefficient (Wildman–Crippen LogP) is 1.34. The van der Waals surface area contributed by atoms with Crippen LogP contribution in [0.1, 0.15) is 41.1 Å². The fourth-order valence-corrected chi connectivity index (χ4v) is 2.93. The zero-order chi connectivity index (χ0) is 17.4. The molecule has 23 heavy (non-hydrogen) atoms. The molecular weight excluding hydrogens is 316 g/mol. The Balaban J connectivity index is 2.91. The highest BCUT2D eigenvalue weighted by atomic mass is 32.1. The molecule has 1 aromatic rings. The first kappa shape index (κ1) is 18.9. The highest BCUT2D eigenvalue weighted by molar-refractivity contribution is 7.18. The van der Waals surface area contributed by atoms with Gasteiger partial charge in [-0.3, -0.25) is 9.69 Å². The van der Waals surface area contributed by atoms with Gasteiger partial charge in [-0.1, -0.05) is 6.92 Å². The molecule has 1 amide bonds. The number of nitrogens with zero attached hydrogens (tertiary/aromatic N) is 2. The van der Waals surface area contributed by atoms with Gasteiger partial charge in [-0.15, -0.1) is 11.3 Å². The van der Waals surface area contributed by atoms with Crippen molar-refractivity contribution in [2.75, 3.05) is 32.5 Å². The van der Waals surface area contributed by atoms with Crippen molar-refractivity contribution in [3.05, 3.63) is 16.0 Å². The average Bonchev–Trinajstić information content (AvgIpc) is 2.81. The first-order chi connectivity index (χ1) is 10.9. The number of carbonyl (C=O) groups is 2. The van der Waals surface area contributed by atoms with Gasteiger partial charge >= 0.3 is 5.97 Å². The van der Waals surface area contributed by atoms with E-state index in [1.54, 1.807) is 18.9 Å². The maximum absolute atomic E-state index is 12.0. The summed E-state index contributed by atoms with van der Waals surface area (Å²) in [4.78, 5) is 25.8. The lowest BCUT2D eigenvalue weighted by molar-refractivity contribution is -0.122. The smallest absolute Gasteiger partial charge is 0.348 e. The molecule has 0 unspecified atom stereocenters. The molecule has 3 N–H and O–H groups in total. The minimum absolute atomic E-state index is 0.103. The van der Waals surface area contributed by atoms with E-state index in [1.165, 1.54) is 0 Å². The summed E-state index contributed by atoms with van der Waals surface area (Å²) in [6.45, 7) is 4.99. The standard InChI is InChI=1S/C15H22N4O3S/c1-4-6-18-12(20)9-19(3)8-11-10(7-16)14(17)23-13(11)15(21)22-5-2/h4-6,8-9,17H2,1-3H3,(H,18,20). The van der Waals surface area contributed by atoms with Gasteiger partial charge in [-0.25, -0.2) is 4.79 Å². The molecule has 0 bridgehead atoms. The maximum Gasteiger partial charge on any atom is 0.348 e. The van der Waals surface area contributed by atoms with Crippen LogP contribution >= 0.6 is 11.3 Å². The minimum atomic E-state index is -0.496. The number of likely N-dealkylation sites (N-methyl/N-ethyl adjacent to an activating group) is 1. The molecule has 0 saturated carbocycles. The van der Waals surface area contributed by atoms with E-state index in [9.17, 15) is 14.9 Å². The normalized spacial score (nSPS) is 10.4. The molecule has 0 aromatic carbocycles. The van der Waals surface area contributed by atoms with Gasteiger partial charge in [-0.05, 0) is 20.4 Å². The number of anilines is 1. The van der Waals surface area contributed by atoms with Crippen molar-refractivity contribution in [2.45, 2.75) is 26.8 Å². The van der Waals surface area contributed by atoms with Crippen LogP contribution in [0.4, 0.5) is 5.00 Å². The van der Waals surface area contributed by atoms with E-state index in [4.69, 9.17) is 10.5 Å². The minimum Gasteiger partial charge on any atom is -0.462 e. The van der Waals surface area contributed by atoms with Crippen LogP contribution in [0.3, 0.4) is 0 Å². The third-order valence-corrected chi connectivity index (χ3v) is 4.06. The molecule has 0 aliphatic rings. The molecule has 126 valence electrons. The number of esters is 1. The van der Waals surface area contributed by atoms with Gasteiger partial charge in [-0.2, -0.15) is 5.26 Å². The molecule has 1 rings (SSSR count). The summed E-state index contributed by atoms with van der Waals surface area (Å²) >= 11 is 1.04. The number of amides is 1. The van der Waals surface area contributed by atoms with E-state index in [0.717, 1.165) is 17.8 Å². The number of nitrogens with one attached hydrogen (secondary N) is 1. The Morgan fingerprint density at radius 3 is 2.70 bits per heavy atom. The third-order valence-electron chi connectivity index (χ3n) is 3.02. The van der Waals surface area contributed by atoms with Crippen molar-refractivity contribution in [3.63, 3.8) is 0 Å². The van der Waals surface area contributed by atoms with Gasteiger partial charge in [0.15, 0.2) is 0 Å². The SMILES string of the molecule is CCCNC(=O)CN(C)Cc1c(C(=O)OCC)sc(N)c1C#N. The van der Waals surface area contributed by atoms with Crippen molar-refractivity contribution in [3.8, 4) is 6.07 Å². The molecule has 0 spiro atoms. The summed E-state index contributed by atoms with van der Waals surface area (Å²) in [6.07, 6.45) is 0.863. The Labute approximate surface area is 140 Å². The summed E-state index contributed by atoms with van der Waals surface area (Å²) in [7, 11) is 1.75. The lowest BCUT2D eigenvalue weighted by Gasteiger charge is -2.16. The summed E-state index contributed by atoms with van der Waals surface area (Å²) < 4.78 is 5.01. The summed E-state index contributed by atoms with van der Waals surface area (Å²) in [5.41, 5.74) is 6.61. The first-order valence-electron chi connectivity index (χ1n) is 7.38. The number of thiophene rings is 1. The number of hydrogen-bond donors (Lipinski definition) is 2. The molecule has 1 heterocycles.